The predicted molar refractivity (Wildman–Crippen MR) is 77.4 cm³/mol. The molecule has 1 heterocycles. The minimum absolute atomic E-state index is 0.0132. The molecule has 0 unspecified atom stereocenters. The first-order chi connectivity index (χ1) is 9.91. The Kier molecular flexibility index (Phi) is 2.90. The molecule has 1 aliphatic carbocycles. The second kappa shape index (κ2) is 4.52. The number of ketones is 2. The van der Waals surface area contributed by atoms with Gasteiger partial charge in [-0.15, -0.1) is 0 Å². The van der Waals surface area contributed by atoms with Crippen molar-refractivity contribution in [2.45, 2.75) is 25.7 Å². The van der Waals surface area contributed by atoms with Crippen LogP contribution < -0.4 is 5.43 Å². The van der Waals surface area contributed by atoms with E-state index in [1.807, 2.05) is 30.3 Å². The van der Waals surface area contributed by atoms with E-state index in [2.05, 4.69) is 0 Å². The van der Waals surface area contributed by atoms with E-state index < -0.39 is 11.2 Å². The molecule has 4 nitrogen and oxygen atoms in total. The van der Waals surface area contributed by atoms with E-state index in [1.54, 1.807) is 13.8 Å². The number of hydrogen-bond donors (Lipinski definition) is 0. The number of benzene rings is 1. The molecule has 0 bridgehead atoms. The van der Waals surface area contributed by atoms with Gasteiger partial charge in [0.25, 0.3) is 0 Å². The van der Waals surface area contributed by atoms with Crippen LogP contribution >= 0.6 is 0 Å². The molecule has 0 fully saturated rings. The largest absolute Gasteiger partial charge is 0.459 e. The maximum atomic E-state index is 12.3. The van der Waals surface area contributed by atoms with Gasteiger partial charge in [0.05, 0.1) is 11.8 Å². The maximum absolute atomic E-state index is 12.3. The van der Waals surface area contributed by atoms with E-state index in [9.17, 15) is 14.4 Å². The zero-order valence-corrected chi connectivity index (χ0v) is 11.8. The molecule has 0 saturated heterocycles. The van der Waals surface area contributed by atoms with E-state index in [-0.39, 0.29) is 29.0 Å². The Hall–Kier alpha value is -2.49. The van der Waals surface area contributed by atoms with E-state index >= 15 is 0 Å². The third-order valence-electron chi connectivity index (χ3n) is 3.87. The Balaban J connectivity index is 2.30. The molecule has 0 radical (unpaired) electrons. The van der Waals surface area contributed by atoms with Crippen LogP contribution in [-0.4, -0.2) is 11.6 Å². The number of hydrogen-bond acceptors (Lipinski definition) is 4. The third kappa shape index (κ3) is 2.03. The van der Waals surface area contributed by atoms with Gasteiger partial charge in [-0.05, 0) is 13.8 Å². The molecule has 0 amide bonds. The average Bonchev–Trinajstić information content (AvgIpc) is 2.45. The van der Waals surface area contributed by atoms with Crippen molar-refractivity contribution in [2.75, 3.05) is 0 Å². The van der Waals surface area contributed by atoms with E-state index in [0.29, 0.717) is 5.76 Å². The topological polar surface area (TPSA) is 64.3 Å². The molecule has 1 aliphatic rings. The fourth-order valence-electron chi connectivity index (χ4n) is 2.52. The molecule has 0 aliphatic heterocycles. The molecule has 1 aromatic carbocycles. The summed E-state index contributed by atoms with van der Waals surface area (Å²) in [5.41, 5.74) is -0.605. The lowest BCUT2D eigenvalue weighted by Crippen LogP contribution is -2.40. The number of Topliss-reactive ketones (excluding diaryl/α,β-unsaturated/α-hetero) is 2. The van der Waals surface area contributed by atoms with Crippen LogP contribution in [0.5, 0.6) is 0 Å². The monoisotopic (exact) mass is 282 g/mol. The summed E-state index contributed by atoms with van der Waals surface area (Å²) in [6, 6.07) is 10.5. The molecule has 0 atom stereocenters. The van der Waals surface area contributed by atoms with Crippen LogP contribution in [0.15, 0.2) is 45.6 Å². The van der Waals surface area contributed by atoms with Gasteiger partial charge in [0.15, 0.2) is 17.0 Å². The molecule has 0 saturated carbocycles. The number of carbonyl (C=O) groups excluding carboxylic acids is 2. The van der Waals surface area contributed by atoms with Crippen LogP contribution in [0.2, 0.25) is 0 Å². The van der Waals surface area contributed by atoms with Crippen molar-refractivity contribution >= 4 is 11.6 Å². The van der Waals surface area contributed by atoms with Gasteiger partial charge < -0.3 is 4.42 Å². The highest BCUT2D eigenvalue weighted by molar-refractivity contribution is 6.15. The molecule has 1 aromatic heterocycles. The van der Waals surface area contributed by atoms with E-state index in [0.717, 1.165) is 5.56 Å². The summed E-state index contributed by atoms with van der Waals surface area (Å²) >= 11 is 0. The first-order valence-corrected chi connectivity index (χ1v) is 6.72. The van der Waals surface area contributed by atoms with Crippen LogP contribution in [-0.2, 0) is 10.2 Å². The van der Waals surface area contributed by atoms with Crippen molar-refractivity contribution < 1.29 is 14.0 Å². The zero-order valence-electron chi connectivity index (χ0n) is 11.8. The third-order valence-corrected chi connectivity index (χ3v) is 3.87. The van der Waals surface area contributed by atoms with Gasteiger partial charge in [0, 0.05) is 11.6 Å². The lowest BCUT2D eigenvalue weighted by Gasteiger charge is -2.28. The average molecular weight is 282 g/mol. The molecule has 3 rings (SSSR count). The van der Waals surface area contributed by atoms with Gasteiger partial charge >= 0.3 is 0 Å². The maximum Gasteiger partial charge on any atom is 0.196 e. The van der Waals surface area contributed by atoms with Crippen molar-refractivity contribution in [1.82, 2.24) is 0 Å². The molecule has 2 aromatic rings. The van der Waals surface area contributed by atoms with Crippen LogP contribution in [0.4, 0.5) is 0 Å². The van der Waals surface area contributed by atoms with Crippen molar-refractivity contribution in [3.05, 3.63) is 57.9 Å². The first kappa shape index (κ1) is 13.5. The SMILES string of the molecule is CC1(C)C(=O)CC(=O)c2c1oc(-c1ccccc1)cc2=O. The molecular formula is C17H14O4. The van der Waals surface area contributed by atoms with Gasteiger partial charge in [-0.2, -0.15) is 0 Å². The molecule has 0 N–H and O–H groups in total. The lowest BCUT2D eigenvalue weighted by molar-refractivity contribution is -0.123. The van der Waals surface area contributed by atoms with Crippen molar-refractivity contribution in [3.63, 3.8) is 0 Å². The number of fused-ring (bicyclic) bond motifs is 1. The summed E-state index contributed by atoms with van der Waals surface area (Å²) in [7, 11) is 0. The number of carbonyl (C=O) groups is 2. The fourth-order valence-corrected chi connectivity index (χ4v) is 2.52. The molecule has 106 valence electrons. The number of rotatable bonds is 1. The second-order valence-corrected chi connectivity index (χ2v) is 5.69. The molecule has 4 heteroatoms. The summed E-state index contributed by atoms with van der Waals surface area (Å²) in [6.07, 6.45) is -0.241. The smallest absolute Gasteiger partial charge is 0.196 e. The highest BCUT2D eigenvalue weighted by atomic mass is 16.3. The van der Waals surface area contributed by atoms with Crippen LogP contribution in [0.1, 0.15) is 36.4 Å². The van der Waals surface area contributed by atoms with Gasteiger partial charge in [-0.25, -0.2) is 0 Å². The Morgan fingerprint density at radius 2 is 1.71 bits per heavy atom. The van der Waals surface area contributed by atoms with Gasteiger partial charge in [-0.1, -0.05) is 30.3 Å². The minimum Gasteiger partial charge on any atom is -0.459 e. The van der Waals surface area contributed by atoms with Crippen LogP contribution in [0, 0.1) is 0 Å². The molecular weight excluding hydrogens is 268 g/mol. The molecule has 21 heavy (non-hydrogen) atoms. The van der Waals surface area contributed by atoms with Gasteiger partial charge in [0.1, 0.15) is 17.1 Å². The van der Waals surface area contributed by atoms with Gasteiger partial charge in [0.2, 0.25) is 0 Å². The van der Waals surface area contributed by atoms with E-state index in [4.69, 9.17) is 4.42 Å². The quantitative estimate of drug-likeness (QED) is 0.754. The van der Waals surface area contributed by atoms with Crippen molar-refractivity contribution in [2.24, 2.45) is 0 Å². The summed E-state index contributed by atoms with van der Waals surface area (Å²) in [5, 5.41) is 0. The normalized spacial score (nSPS) is 16.7. The Morgan fingerprint density at radius 3 is 2.38 bits per heavy atom. The Morgan fingerprint density at radius 1 is 1.05 bits per heavy atom. The highest BCUT2D eigenvalue weighted by Crippen LogP contribution is 2.35. The zero-order chi connectivity index (χ0) is 15.2. The second-order valence-electron chi connectivity index (χ2n) is 5.69. The summed E-state index contributed by atoms with van der Waals surface area (Å²) in [6.45, 7) is 3.36. The summed E-state index contributed by atoms with van der Waals surface area (Å²) < 4.78 is 5.78. The van der Waals surface area contributed by atoms with Crippen molar-refractivity contribution in [1.29, 1.82) is 0 Å². The first-order valence-electron chi connectivity index (χ1n) is 6.72. The Labute approximate surface area is 121 Å². The lowest BCUT2D eigenvalue weighted by atomic mass is 9.75. The standard InChI is InChI=1S/C17H14O4/c1-17(2)14(20)9-12(19)15-11(18)8-13(21-16(15)17)10-6-4-3-5-7-10/h3-8H,9H2,1-2H3. The molecule has 0 spiro atoms. The van der Waals surface area contributed by atoms with Crippen LogP contribution in [0.25, 0.3) is 11.3 Å². The van der Waals surface area contributed by atoms with Crippen LogP contribution in [0.3, 0.4) is 0 Å². The van der Waals surface area contributed by atoms with Gasteiger partial charge in [-0.3, -0.25) is 14.4 Å². The van der Waals surface area contributed by atoms with Crippen molar-refractivity contribution in [3.8, 4) is 11.3 Å². The van der Waals surface area contributed by atoms with E-state index in [1.165, 1.54) is 6.07 Å². The summed E-state index contributed by atoms with van der Waals surface area (Å²) in [5.74, 6) is -0.138. The summed E-state index contributed by atoms with van der Waals surface area (Å²) in [4.78, 5) is 36.3. The Bertz CT molecular complexity index is 797. The fraction of sp³-hybridized carbons (Fsp3) is 0.235. The highest BCUT2D eigenvalue weighted by Gasteiger charge is 2.43. The predicted octanol–water partition coefficient (Wildman–Crippen LogP) is 2.74. The minimum atomic E-state index is -0.965.